The molecule has 0 unspecified atom stereocenters. The van der Waals surface area contributed by atoms with Crippen LogP contribution in [0.2, 0.25) is 0 Å². The van der Waals surface area contributed by atoms with Crippen LogP contribution in [0.3, 0.4) is 0 Å². The Hall–Kier alpha value is -0.910. The second kappa shape index (κ2) is 3.68. The topological polar surface area (TPSA) is 30.0 Å². The Morgan fingerprint density at radius 2 is 2.00 bits per heavy atom. The van der Waals surface area contributed by atoms with Crippen LogP contribution in [0.1, 0.15) is 23.0 Å². The van der Waals surface area contributed by atoms with Gasteiger partial charge in [-0.2, -0.15) is 13.2 Å². The highest BCUT2D eigenvalue weighted by Gasteiger charge is 2.31. The summed E-state index contributed by atoms with van der Waals surface area (Å²) in [5.41, 5.74) is -1.09. The maximum Gasteiger partial charge on any atom is 0.416 e. The molecule has 76 valence electrons. The molecular formula is C8H5BrF3NO. The van der Waals surface area contributed by atoms with Crippen LogP contribution >= 0.6 is 15.9 Å². The lowest BCUT2D eigenvalue weighted by molar-refractivity contribution is -0.137. The molecule has 1 aromatic heterocycles. The second-order valence-electron chi connectivity index (χ2n) is 2.62. The van der Waals surface area contributed by atoms with E-state index in [0.717, 1.165) is 19.1 Å². The van der Waals surface area contributed by atoms with E-state index in [4.69, 9.17) is 0 Å². The van der Waals surface area contributed by atoms with Crippen LogP contribution in [0.4, 0.5) is 13.2 Å². The highest BCUT2D eigenvalue weighted by atomic mass is 79.9. The Kier molecular flexibility index (Phi) is 2.94. The summed E-state index contributed by atoms with van der Waals surface area (Å²) < 4.78 is 36.8. The van der Waals surface area contributed by atoms with Gasteiger partial charge in [0.2, 0.25) is 0 Å². The van der Waals surface area contributed by atoms with E-state index in [0.29, 0.717) is 0 Å². The molecule has 0 saturated heterocycles. The molecule has 1 aromatic rings. The Balaban J connectivity index is 3.28. The molecule has 0 aliphatic rings. The zero-order valence-corrected chi connectivity index (χ0v) is 8.61. The third-order valence-electron chi connectivity index (χ3n) is 1.48. The Morgan fingerprint density at radius 3 is 2.43 bits per heavy atom. The quantitative estimate of drug-likeness (QED) is 0.578. The van der Waals surface area contributed by atoms with Crippen LogP contribution in [-0.2, 0) is 6.18 Å². The molecule has 0 N–H and O–H groups in total. The zero-order chi connectivity index (χ0) is 10.9. The third kappa shape index (κ3) is 2.54. The normalized spacial score (nSPS) is 11.5. The van der Waals surface area contributed by atoms with Crippen molar-refractivity contribution in [3.05, 3.63) is 28.0 Å². The summed E-state index contributed by atoms with van der Waals surface area (Å²) in [6, 6.07) is 1.56. The number of hydrogen-bond acceptors (Lipinski definition) is 2. The molecule has 0 aliphatic heterocycles. The first-order chi connectivity index (χ1) is 6.30. The molecule has 1 rings (SSSR count). The van der Waals surface area contributed by atoms with Crippen LogP contribution in [0.25, 0.3) is 0 Å². The molecule has 0 amide bonds. The number of ketones is 1. The van der Waals surface area contributed by atoms with E-state index in [1.807, 2.05) is 0 Å². The molecule has 0 aliphatic carbocycles. The van der Waals surface area contributed by atoms with E-state index in [-0.39, 0.29) is 10.3 Å². The minimum Gasteiger partial charge on any atom is -0.293 e. The number of hydrogen-bond donors (Lipinski definition) is 0. The lowest BCUT2D eigenvalue weighted by atomic mass is 10.2. The summed E-state index contributed by atoms with van der Waals surface area (Å²) in [5.74, 6) is -0.503. The summed E-state index contributed by atoms with van der Waals surface area (Å²) in [6.45, 7) is 1.16. The predicted molar refractivity (Wildman–Crippen MR) is 46.9 cm³/mol. The van der Waals surface area contributed by atoms with Crippen molar-refractivity contribution >= 4 is 21.7 Å². The molecule has 6 heteroatoms. The zero-order valence-electron chi connectivity index (χ0n) is 7.02. The number of carbonyl (C=O) groups excluding carboxylic acids is 1. The van der Waals surface area contributed by atoms with Gasteiger partial charge in [-0.1, -0.05) is 0 Å². The van der Waals surface area contributed by atoms with Gasteiger partial charge in [0.25, 0.3) is 0 Å². The smallest absolute Gasteiger partial charge is 0.293 e. The highest BCUT2D eigenvalue weighted by Crippen LogP contribution is 2.30. The Morgan fingerprint density at radius 1 is 1.43 bits per heavy atom. The first kappa shape index (κ1) is 11.2. The van der Waals surface area contributed by atoms with Crippen molar-refractivity contribution in [1.82, 2.24) is 4.98 Å². The molecule has 0 bridgehead atoms. The van der Waals surface area contributed by atoms with E-state index in [9.17, 15) is 18.0 Å². The lowest BCUT2D eigenvalue weighted by Crippen LogP contribution is -2.08. The number of carbonyl (C=O) groups is 1. The van der Waals surface area contributed by atoms with Crippen LogP contribution in [0.15, 0.2) is 16.7 Å². The number of nitrogens with zero attached hydrogens (tertiary/aromatic N) is 1. The van der Waals surface area contributed by atoms with E-state index in [1.54, 1.807) is 0 Å². The molecule has 0 fully saturated rings. The summed E-state index contributed by atoms with van der Waals surface area (Å²) in [5, 5.41) is 0. The molecule has 1 heterocycles. The van der Waals surface area contributed by atoms with Crippen LogP contribution in [0.5, 0.6) is 0 Å². The van der Waals surface area contributed by atoms with Crippen molar-refractivity contribution in [2.75, 3.05) is 0 Å². The van der Waals surface area contributed by atoms with Crippen molar-refractivity contribution in [3.8, 4) is 0 Å². The summed E-state index contributed by atoms with van der Waals surface area (Å²) >= 11 is 2.81. The fourth-order valence-electron chi connectivity index (χ4n) is 0.841. The summed E-state index contributed by atoms with van der Waals surface area (Å²) in [7, 11) is 0. The molecule has 2 nitrogen and oxygen atoms in total. The number of pyridine rings is 1. The van der Waals surface area contributed by atoms with Gasteiger partial charge in [-0.25, -0.2) is 4.98 Å². The Bertz CT molecular complexity index is 375. The van der Waals surface area contributed by atoms with E-state index in [2.05, 4.69) is 20.9 Å². The lowest BCUT2D eigenvalue weighted by Gasteiger charge is -2.07. The van der Waals surface area contributed by atoms with Gasteiger partial charge >= 0.3 is 6.18 Å². The number of alkyl halides is 3. The van der Waals surface area contributed by atoms with Gasteiger partial charge in [0.05, 0.1) is 5.56 Å². The fourth-order valence-corrected chi connectivity index (χ4v) is 1.28. The van der Waals surface area contributed by atoms with Gasteiger partial charge in [-0.15, -0.1) is 0 Å². The van der Waals surface area contributed by atoms with Crippen LogP contribution in [-0.4, -0.2) is 10.8 Å². The van der Waals surface area contributed by atoms with Crippen molar-refractivity contribution in [1.29, 1.82) is 0 Å². The number of Topliss-reactive ketones (excluding diaryl/α,β-unsaturated/α-hetero) is 1. The summed E-state index contributed by atoms with van der Waals surface area (Å²) in [4.78, 5) is 14.4. The first-order valence-electron chi connectivity index (χ1n) is 3.56. The maximum absolute atomic E-state index is 12.3. The number of aromatic nitrogens is 1. The van der Waals surface area contributed by atoms with Gasteiger partial charge in [-0.05, 0) is 28.1 Å². The van der Waals surface area contributed by atoms with Crippen LogP contribution < -0.4 is 0 Å². The van der Waals surface area contributed by atoms with Crippen molar-refractivity contribution in [3.63, 3.8) is 0 Å². The Labute approximate surface area is 86.3 Å². The minimum absolute atomic E-state index is 0.00229. The van der Waals surface area contributed by atoms with Gasteiger partial charge in [-0.3, -0.25) is 4.79 Å². The minimum atomic E-state index is -4.46. The van der Waals surface area contributed by atoms with Gasteiger partial charge < -0.3 is 0 Å². The molecule has 0 spiro atoms. The fraction of sp³-hybridized carbons (Fsp3) is 0.250. The van der Waals surface area contributed by atoms with Crippen molar-refractivity contribution in [2.24, 2.45) is 0 Å². The van der Waals surface area contributed by atoms with E-state index >= 15 is 0 Å². The molecule has 0 atom stereocenters. The monoisotopic (exact) mass is 267 g/mol. The molecule has 0 saturated carbocycles. The second-order valence-corrected chi connectivity index (χ2v) is 3.43. The predicted octanol–water partition coefficient (Wildman–Crippen LogP) is 3.07. The largest absolute Gasteiger partial charge is 0.416 e. The van der Waals surface area contributed by atoms with Crippen molar-refractivity contribution in [2.45, 2.75) is 13.1 Å². The molecule has 14 heavy (non-hydrogen) atoms. The van der Waals surface area contributed by atoms with E-state index in [1.165, 1.54) is 0 Å². The molecule has 0 aromatic carbocycles. The highest BCUT2D eigenvalue weighted by molar-refractivity contribution is 9.10. The van der Waals surface area contributed by atoms with Gasteiger partial charge in [0.1, 0.15) is 10.3 Å². The van der Waals surface area contributed by atoms with Gasteiger partial charge in [0, 0.05) is 6.92 Å². The van der Waals surface area contributed by atoms with Gasteiger partial charge in [0.15, 0.2) is 5.78 Å². The summed E-state index contributed by atoms with van der Waals surface area (Å²) in [6.07, 6.45) is -4.46. The van der Waals surface area contributed by atoms with E-state index < -0.39 is 17.5 Å². The number of rotatable bonds is 1. The molecule has 0 radical (unpaired) electrons. The molecular weight excluding hydrogens is 263 g/mol. The average Bonchev–Trinajstić information content (AvgIpc) is 2.01. The maximum atomic E-state index is 12.3. The van der Waals surface area contributed by atoms with Crippen molar-refractivity contribution < 1.29 is 18.0 Å². The first-order valence-corrected chi connectivity index (χ1v) is 4.35. The number of halogens is 4. The standard InChI is InChI=1S/C8H5BrF3NO/c1-4(14)6-2-5(8(10,11)12)3-7(9)13-6/h2-3H,1H3. The van der Waals surface area contributed by atoms with Crippen LogP contribution in [0, 0.1) is 0 Å². The third-order valence-corrected chi connectivity index (χ3v) is 1.89. The SMILES string of the molecule is CC(=O)c1cc(C(F)(F)F)cc(Br)n1. The average molecular weight is 268 g/mol.